The lowest BCUT2D eigenvalue weighted by molar-refractivity contribution is -0.660. The van der Waals surface area contributed by atoms with Gasteiger partial charge in [0.25, 0.3) is 6.71 Å². The van der Waals surface area contributed by atoms with E-state index in [0.717, 1.165) is 50.3 Å². The van der Waals surface area contributed by atoms with E-state index in [1.54, 1.807) is 0 Å². The highest BCUT2D eigenvalue weighted by Gasteiger charge is 2.41. The van der Waals surface area contributed by atoms with Gasteiger partial charge in [-0.1, -0.05) is 48.5 Å². The molecule has 6 aromatic rings. The Hall–Kier alpha value is -4.51. The molecule has 0 saturated heterocycles. The first-order chi connectivity index (χ1) is 17.7. The van der Waals surface area contributed by atoms with Gasteiger partial charge in [-0.2, -0.15) is 0 Å². The topological polar surface area (TPSA) is 38.1 Å². The summed E-state index contributed by atoms with van der Waals surface area (Å²) in [6.07, 6.45) is 2.09. The molecule has 0 atom stereocenters. The summed E-state index contributed by atoms with van der Waals surface area (Å²) in [5, 5.41) is 2.27. The Morgan fingerprint density at radius 1 is 0.722 bits per heavy atom. The maximum Gasteiger partial charge on any atom is 0.260 e. The predicted octanol–water partition coefficient (Wildman–Crippen LogP) is 4.85. The number of aromatic amines is 1. The van der Waals surface area contributed by atoms with Gasteiger partial charge in [-0.25, -0.2) is 4.57 Å². The van der Waals surface area contributed by atoms with Crippen molar-refractivity contribution in [3.05, 3.63) is 96.7 Å². The van der Waals surface area contributed by atoms with E-state index in [1.807, 2.05) is 12.1 Å². The molecule has 0 aliphatic carbocycles. The van der Waals surface area contributed by atoms with E-state index in [2.05, 4.69) is 103 Å². The van der Waals surface area contributed by atoms with Crippen LogP contribution in [-0.4, -0.2) is 11.7 Å². The van der Waals surface area contributed by atoms with Crippen molar-refractivity contribution in [2.24, 2.45) is 7.05 Å². The number of benzene rings is 4. The summed E-state index contributed by atoms with van der Waals surface area (Å²) >= 11 is 0. The van der Waals surface area contributed by atoms with Crippen LogP contribution in [0.3, 0.4) is 0 Å². The second-order valence-electron chi connectivity index (χ2n) is 9.75. The summed E-state index contributed by atoms with van der Waals surface area (Å²) in [4.78, 5) is 3.80. The van der Waals surface area contributed by atoms with Gasteiger partial charge in [-0.05, 0) is 47.7 Å². The van der Waals surface area contributed by atoms with Crippen molar-refractivity contribution in [3.8, 4) is 34.3 Å². The molecule has 2 aliphatic rings. The summed E-state index contributed by atoms with van der Waals surface area (Å²) in [6.45, 7) is 2.24. The van der Waals surface area contributed by atoms with E-state index in [9.17, 15) is 0 Å². The molecular weight excluding hydrogens is 443 g/mol. The number of H-pyrrole nitrogens is 1. The van der Waals surface area contributed by atoms with E-state index in [0.29, 0.717) is 0 Å². The lowest BCUT2D eigenvalue weighted by atomic mass is 9.35. The Balaban J connectivity index is 1.49. The molecule has 4 heterocycles. The van der Waals surface area contributed by atoms with Crippen molar-refractivity contribution < 1.29 is 14.0 Å². The van der Waals surface area contributed by atoms with Crippen molar-refractivity contribution in [1.82, 2.24) is 4.98 Å². The van der Waals surface area contributed by atoms with Crippen LogP contribution in [0.25, 0.3) is 33.1 Å². The molecule has 0 amide bonds. The number of para-hydroxylation sites is 2. The standard InChI is InChI=1S/C31H21BN2O2/c1-18-14-15-19-20-17-26-28-31(30(20)33-29(19)27(18)23-11-7-8-16-34(23)2)36-25-13-6-4-10-22(25)32(28)21-9-3-5-12-24(21)35-26/h3-17H,1-2H3/p+1. The van der Waals surface area contributed by atoms with Crippen molar-refractivity contribution in [3.63, 3.8) is 0 Å². The monoisotopic (exact) mass is 465 g/mol. The van der Waals surface area contributed by atoms with Gasteiger partial charge < -0.3 is 14.5 Å². The normalized spacial score (nSPS) is 13.1. The van der Waals surface area contributed by atoms with Crippen molar-refractivity contribution >= 4 is 44.9 Å². The van der Waals surface area contributed by atoms with Crippen LogP contribution >= 0.6 is 0 Å². The number of fused-ring (bicyclic) bond motifs is 8. The van der Waals surface area contributed by atoms with Gasteiger partial charge in [0, 0.05) is 28.4 Å². The molecule has 0 saturated carbocycles. The number of rotatable bonds is 1. The van der Waals surface area contributed by atoms with E-state index in [1.165, 1.54) is 27.7 Å². The molecule has 0 radical (unpaired) electrons. The van der Waals surface area contributed by atoms with Gasteiger partial charge in [0.1, 0.15) is 30.0 Å². The molecule has 4 nitrogen and oxygen atoms in total. The Kier molecular flexibility index (Phi) is 3.85. The Morgan fingerprint density at radius 3 is 2.22 bits per heavy atom. The molecule has 0 fully saturated rings. The summed E-state index contributed by atoms with van der Waals surface area (Å²) in [5.41, 5.74) is 9.15. The fraction of sp³-hybridized carbons (Fsp3) is 0.0645. The lowest BCUT2D eigenvalue weighted by Crippen LogP contribution is -2.57. The minimum absolute atomic E-state index is 0.0637. The summed E-state index contributed by atoms with van der Waals surface area (Å²) in [6, 6.07) is 29.6. The number of hydrogen-bond donors (Lipinski definition) is 1. The lowest BCUT2D eigenvalue weighted by Gasteiger charge is -2.33. The van der Waals surface area contributed by atoms with Crippen molar-refractivity contribution in [2.75, 3.05) is 0 Å². The molecule has 8 rings (SSSR count). The van der Waals surface area contributed by atoms with E-state index < -0.39 is 0 Å². The van der Waals surface area contributed by atoms with Crippen LogP contribution in [0.4, 0.5) is 0 Å². The van der Waals surface area contributed by atoms with Crippen LogP contribution in [-0.2, 0) is 7.05 Å². The molecule has 0 unspecified atom stereocenters. The Bertz CT molecular complexity index is 1880. The number of nitrogens with zero attached hydrogens (tertiary/aromatic N) is 1. The fourth-order valence-corrected chi connectivity index (χ4v) is 6.08. The minimum atomic E-state index is 0.0637. The van der Waals surface area contributed by atoms with Gasteiger partial charge in [0.15, 0.2) is 6.20 Å². The third-order valence-electron chi connectivity index (χ3n) is 7.73. The van der Waals surface area contributed by atoms with Gasteiger partial charge in [0.2, 0.25) is 5.69 Å². The molecule has 5 heteroatoms. The molecule has 2 aromatic heterocycles. The quantitative estimate of drug-likeness (QED) is 0.278. The first-order valence-electron chi connectivity index (χ1n) is 12.3. The average molecular weight is 465 g/mol. The first-order valence-corrected chi connectivity index (χ1v) is 12.3. The summed E-state index contributed by atoms with van der Waals surface area (Å²) in [5.74, 6) is 3.53. The smallest absolute Gasteiger partial charge is 0.260 e. The van der Waals surface area contributed by atoms with Crippen molar-refractivity contribution in [2.45, 2.75) is 6.92 Å². The Labute approximate surface area is 208 Å². The molecule has 0 bridgehead atoms. The zero-order valence-electron chi connectivity index (χ0n) is 20.0. The molecular formula is C31H22BN2O2+. The first kappa shape index (κ1) is 19.8. The molecule has 36 heavy (non-hydrogen) atoms. The molecule has 170 valence electrons. The van der Waals surface area contributed by atoms with Gasteiger partial charge in [-0.15, -0.1) is 0 Å². The number of hydrogen-bond acceptors (Lipinski definition) is 2. The maximum absolute atomic E-state index is 6.67. The fourth-order valence-electron chi connectivity index (χ4n) is 6.08. The Morgan fingerprint density at radius 2 is 1.44 bits per heavy atom. The molecule has 1 N–H and O–H groups in total. The molecule has 0 spiro atoms. The summed E-state index contributed by atoms with van der Waals surface area (Å²) in [7, 11) is 2.09. The van der Waals surface area contributed by atoms with Crippen LogP contribution < -0.4 is 30.4 Å². The highest BCUT2D eigenvalue weighted by atomic mass is 16.5. The molecule has 4 aromatic carbocycles. The zero-order valence-corrected chi connectivity index (χ0v) is 20.0. The summed E-state index contributed by atoms with van der Waals surface area (Å²) < 4.78 is 15.4. The van der Waals surface area contributed by atoms with Crippen LogP contribution in [0.1, 0.15) is 5.56 Å². The maximum atomic E-state index is 6.67. The van der Waals surface area contributed by atoms with E-state index in [4.69, 9.17) is 9.47 Å². The van der Waals surface area contributed by atoms with Crippen LogP contribution in [0.5, 0.6) is 23.0 Å². The second-order valence-corrected chi connectivity index (χ2v) is 9.75. The van der Waals surface area contributed by atoms with Gasteiger partial charge in [0.05, 0.1) is 16.6 Å². The zero-order chi connectivity index (χ0) is 24.0. The molecule has 2 aliphatic heterocycles. The third kappa shape index (κ3) is 2.52. The number of nitrogens with one attached hydrogen (secondary N) is 1. The largest absolute Gasteiger partial charge is 0.458 e. The minimum Gasteiger partial charge on any atom is -0.458 e. The van der Waals surface area contributed by atoms with Crippen molar-refractivity contribution in [1.29, 1.82) is 0 Å². The third-order valence-corrected chi connectivity index (χ3v) is 7.73. The van der Waals surface area contributed by atoms with Crippen LogP contribution in [0.2, 0.25) is 0 Å². The van der Waals surface area contributed by atoms with E-state index in [-0.39, 0.29) is 6.71 Å². The van der Waals surface area contributed by atoms with E-state index >= 15 is 0 Å². The highest BCUT2D eigenvalue weighted by Crippen LogP contribution is 2.43. The number of aryl methyl sites for hydroxylation is 2. The van der Waals surface area contributed by atoms with Crippen LogP contribution in [0.15, 0.2) is 91.1 Å². The van der Waals surface area contributed by atoms with Crippen LogP contribution in [0, 0.1) is 6.92 Å². The SMILES string of the molecule is Cc1ccc2c([nH]c3c4c5c(cc32)Oc2ccccc2B5c2ccccc2O4)c1-c1cccc[n+]1C. The average Bonchev–Trinajstić information content (AvgIpc) is 3.27. The number of ether oxygens (including phenoxy) is 2. The van der Waals surface area contributed by atoms with Gasteiger partial charge >= 0.3 is 0 Å². The predicted molar refractivity (Wildman–Crippen MR) is 145 cm³/mol. The number of pyridine rings is 1. The second kappa shape index (κ2) is 7.02. The highest BCUT2D eigenvalue weighted by molar-refractivity contribution is 6.98. The van der Waals surface area contributed by atoms with Gasteiger partial charge in [-0.3, -0.25) is 0 Å². The number of aromatic nitrogens is 2.